The highest BCUT2D eigenvalue weighted by atomic mass is 16.5. The molecular weight excluding hydrogens is 230 g/mol. The number of ether oxygens (including phenoxy) is 2. The summed E-state index contributed by atoms with van der Waals surface area (Å²) in [6, 6.07) is 0.629. The van der Waals surface area contributed by atoms with Crippen molar-refractivity contribution in [1.82, 2.24) is 5.32 Å². The zero-order valence-electron chi connectivity index (χ0n) is 12.0. The van der Waals surface area contributed by atoms with E-state index < -0.39 is 6.10 Å². The molecule has 0 aromatic rings. The third-order valence-corrected chi connectivity index (χ3v) is 3.19. The molecule has 1 fully saturated rings. The lowest BCUT2D eigenvalue weighted by Crippen LogP contribution is -2.32. The molecule has 0 heterocycles. The van der Waals surface area contributed by atoms with Crippen molar-refractivity contribution in [3.63, 3.8) is 0 Å². The minimum absolute atomic E-state index is 0.241. The molecule has 4 heteroatoms. The van der Waals surface area contributed by atoms with E-state index in [0.717, 1.165) is 5.92 Å². The number of nitrogens with one attached hydrogen (secondary N) is 1. The van der Waals surface area contributed by atoms with Crippen molar-refractivity contribution in [2.24, 2.45) is 5.92 Å². The maximum absolute atomic E-state index is 9.72. The molecular formula is C14H29NO3. The van der Waals surface area contributed by atoms with E-state index in [1.165, 1.54) is 19.3 Å². The van der Waals surface area contributed by atoms with Gasteiger partial charge in [-0.1, -0.05) is 13.3 Å². The van der Waals surface area contributed by atoms with E-state index in [2.05, 4.69) is 12.2 Å². The van der Waals surface area contributed by atoms with Gasteiger partial charge in [-0.05, 0) is 32.6 Å². The molecule has 0 saturated heterocycles. The zero-order chi connectivity index (χ0) is 13.4. The molecule has 1 saturated carbocycles. The molecule has 0 aromatic heterocycles. The average Bonchev–Trinajstić information content (AvgIpc) is 3.05. The molecule has 0 aromatic carbocycles. The average molecular weight is 259 g/mol. The van der Waals surface area contributed by atoms with E-state index in [0.29, 0.717) is 32.4 Å². The molecule has 3 unspecified atom stereocenters. The normalized spacial score (nSPS) is 24.5. The van der Waals surface area contributed by atoms with Gasteiger partial charge in [0.25, 0.3) is 0 Å². The molecule has 0 spiro atoms. The number of aliphatic hydroxyl groups is 1. The van der Waals surface area contributed by atoms with Crippen molar-refractivity contribution in [2.45, 2.75) is 58.3 Å². The predicted octanol–water partition coefficient (Wildman–Crippen LogP) is 1.57. The molecule has 1 aliphatic rings. The maximum atomic E-state index is 9.72. The molecule has 18 heavy (non-hydrogen) atoms. The lowest BCUT2D eigenvalue weighted by Gasteiger charge is -2.13. The summed E-state index contributed by atoms with van der Waals surface area (Å²) < 4.78 is 10.7. The number of hydrogen-bond acceptors (Lipinski definition) is 4. The van der Waals surface area contributed by atoms with Crippen molar-refractivity contribution in [1.29, 1.82) is 0 Å². The Balaban J connectivity index is 1.87. The molecule has 2 N–H and O–H groups in total. The third-order valence-electron chi connectivity index (χ3n) is 3.19. The summed E-state index contributed by atoms with van der Waals surface area (Å²) in [6.07, 6.45) is 3.66. The van der Waals surface area contributed by atoms with Gasteiger partial charge in [0, 0.05) is 12.6 Å². The van der Waals surface area contributed by atoms with Gasteiger partial charge in [-0.3, -0.25) is 0 Å². The lowest BCUT2D eigenvalue weighted by molar-refractivity contribution is -0.0101. The van der Waals surface area contributed by atoms with Crippen LogP contribution in [0.3, 0.4) is 0 Å². The highest BCUT2D eigenvalue weighted by Crippen LogP contribution is 2.34. The molecule has 0 amide bonds. The van der Waals surface area contributed by atoms with Gasteiger partial charge >= 0.3 is 0 Å². The summed E-state index contributed by atoms with van der Waals surface area (Å²) >= 11 is 0. The largest absolute Gasteiger partial charge is 0.389 e. The fraction of sp³-hybridized carbons (Fsp3) is 1.00. The van der Waals surface area contributed by atoms with Gasteiger partial charge < -0.3 is 19.9 Å². The van der Waals surface area contributed by atoms with Crippen molar-refractivity contribution in [3.05, 3.63) is 0 Å². The number of aliphatic hydroxyl groups excluding tert-OH is 1. The van der Waals surface area contributed by atoms with Gasteiger partial charge in [0.2, 0.25) is 0 Å². The highest BCUT2D eigenvalue weighted by Gasteiger charge is 2.35. The Hall–Kier alpha value is -0.160. The van der Waals surface area contributed by atoms with Gasteiger partial charge in [0.05, 0.1) is 32.0 Å². The van der Waals surface area contributed by atoms with Crippen LogP contribution in [-0.4, -0.2) is 49.7 Å². The van der Waals surface area contributed by atoms with Crippen molar-refractivity contribution in [3.8, 4) is 0 Å². The summed E-state index contributed by atoms with van der Waals surface area (Å²) in [7, 11) is 0. The quantitative estimate of drug-likeness (QED) is 0.553. The summed E-state index contributed by atoms with van der Waals surface area (Å²) in [6.45, 7) is 8.39. The van der Waals surface area contributed by atoms with Crippen LogP contribution >= 0.6 is 0 Å². The van der Waals surface area contributed by atoms with Gasteiger partial charge in [-0.15, -0.1) is 0 Å². The Labute approximate surface area is 111 Å². The van der Waals surface area contributed by atoms with E-state index >= 15 is 0 Å². The van der Waals surface area contributed by atoms with E-state index in [1.807, 2.05) is 13.8 Å². The molecule has 4 nitrogen and oxygen atoms in total. The topological polar surface area (TPSA) is 50.7 Å². The fourth-order valence-corrected chi connectivity index (χ4v) is 2.10. The standard InChI is InChI=1S/C14H29NO3/c1-4-5-12-8-14(12)15-9-13(16)10-17-6-7-18-11(2)3/h11-16H,4-10H2,1-3H3. The first-order valence-electron chi connectivity index (χ1n) is 7.24. The minimum Gasteiger partial charge on any atom is -0.389 e. The Morgan fingerprint density at radius 2 is 2.11 bits per heavy atom. The Kier molecular flexibility index (Phi) is 7.82. The van der Waals surface area contributed by atoms with E-state index in [-0.39, 0.29) is 6.10 Å². The summed E-state index contributed by atoms with van der Waals surface area (Å²) in [5, 5.41) is 13.1. The van der Waals surface area contributed by atoms with Gasteiger partial charge in [0.15, 0.2) is 0 Å². The first-order valence-corrected chi connectivity index (χ1v) is 7.24. The Morgan fingerprint density at radius 1 is 1.33 bits per heavy atom. The van der Waals surface area contributed by atoms with Crippen LogP contribution in [0.5, 0.6) is 0 Å². The van der Waals surface area contributed by atoms with Gasteiger partial charge in [0.1, 0.15) is 0 Å². The summed E-state index contributed by atoms with van der Waals surface area (Å²) in [5.74, 6) is 0.836. The Bertz CT molecular complexity index is 211. The first-order chi connectivity index (χ1) is 8.63. The second-order valence-corrected chi connectivity index (χ2v) is 5.45. The summed E-state index contributed by atoms with van der Waals surface area (Å²) in [4.78, 5) is 0. The molecule has 0 aliphatic heterocycles. The summed E-state index contributed by atoms with van der Waals surface area (Å²) in [5.41, 5.74) is 0. The van der Waals surface area contributed by atoms with Crippen molar-refractivity contribution in [2.75, 3.05) is 26.4 Å². The smallest absolute Gasteiger partial charge is 0.0897 e. The van der Waals surface area contributed by atoms with Crippen LogP contribution in [0.25, 0.3) is 0 Å². The van der Waals surface area contributed by atoms with Crippen LogP contribution in [0.1, 0.15) is 40.0 Å². The first kappa shape index (κ1) is 15.9. The monoisotopic (exact) mass is 259 g/mol. The van der Waals surface area contributed by atoms with Crippen LogP contribution in [0.15, 0.2) is 0 Å². The fourth-order valence-electron chi connectivity index (χ4n) is 2.10. The van der Waals surface area contributed by atoms with Gasteiger partial charge in [-0.2, -0.15) is 0 Å². The molecule has 1 aliphatic carbocycles. The molecule has 1 rings (SSSR count). The SMILES string of the molecule is CCCC1CC1NCC(O)COCCOC(C)C. The van der Waals surface area contributed by atoms with Crippen LogP contribution < -0.4 is 5.32 Å². The lowest BCUT2D eigenvalue weighted by atomic mass is 10.2. The van der Waals surface area contributed by atoms with Gasteiger partial charge in [-0.25, -0.2) is 0 Å². The van der Waals surface area contributed by atoms with E-state index in [1.54, 1.807) is 0 Å². The van der Waals surface area contributed by atoms with Crippen molar-refractivity contribution < 1.29 is 14.6 Å². The van der Waals surface area contributed by atoms with Crippen LogP contribution in [0.4, 0.5) is 0 Å². The Morgan fingerprint density at radius 3 is 2.78 bits per heavy atom. The van der Waals surface area contributed by atoms with Crippen LogP contribution in [-0.2, 0) is 9.47 Å². The van der Waals surface area contributed by atoms with Crippen LogP contribution in [0, 0.1) is 5.92 Å². The van der Waals surface area contributed by atoms with E-state index in [4.69, 9.17) is 9.47 Å². The number of hydrogen-bond donors (Lipinski definition) is 2. The third kappa shape index (κ3) is 7.31. The van der Waals surface area contributed by atoms with E-state index in [9.17, 15) is 5.11 Å². The predicted molar refractivity (Wildman–Crippen MR) is 72.7 cm³/mol. The van der Waals surface area contributed by atoms with Crippen molar-refractivity contribution >= 4 is 0 Å². The molecule has 0 bridgehead atoms. The van der Waals surface area contributed by atoms with Crippen LogP contribution in [0.2, 0.25) is 0 Å². The molecule has 108 valence electrons. The zero-order valence-corrected chi connectivity index (χ0v) is 12.0. The number of rotatable bonds is 11. The molecule has 3 atom stereocenters. The maximum Gasteiger partial charge on any atom is 0.0897 e. The highest BCUT2D eigenvalue weighted by molar-refractivity contribution is 4.92. The minimum atomic E-state index is -0.410. The second kappa shape index (κ2) is 8.86. The second-order valence-electron chi connectivity index (χ2n) is 5.45. The molecule has 0 radical (unpaired) electrons.